The number of aryl methyl sites for hydroxylation is 1. The van der Waals surface area contributed by atoms with E-state index in [0.717, 1.165) is 47.8 Å². The lowest BCUT2D eigenvalue weighted by Gasteiger charge is -2.21. The Morgan fingerprint density at radius 1 is 1.26 bits per heavy atom. The van der Waals surface area contributed by atoms with Gasteiger partial charge >= 0.3 is 6.36 Å². The van der Waals surface area contributed by atoms with Gasteiger partial charge in [0.2, 0.25) is 0 Å². The molecule has 1 atom stereocenters. The predicted molar refractivity (Wildman–Crippen MR) is 88.7 cm³/mol. The number of halogens is 5. The zero-order valence-corrected chi connectivity index (χ0v) is 13.9. The van der Waals surface area contributed by atoms with Gasteiger partial charge in [-0.05, 0) is 61.9 Å². The van der Waals surface area contributed by atoms with E-state index >= 15 is 0 Å². The molecule has 1 aliphatic carbocycles. The van der Waals surface area contributed by atoms with Crippen molar-refractivity contribution in [2.45, 2.75) is 32.0 Å². The smallest absolute Gasteiger partial charge is 0.406 e. The fourth-order valence-electron chi connectivity index (χ4n) is 3.15. The second-order valence-electron chi connectivity index (χ2n) is 5.52. The average Bonchev–Trinajstić information content (AvgIpc) is 2.75. The highest BCUT2D eigenvalue weighted by atomic mass is 35.5. The second-order valence-corrected chi connectivity index (χ2v) is 5.52. The second kappa shape index (κ2) is 7.64. The largest absolute Gasteiger partial charge is 0.573 e. The van der Waals surface area contributed by atoms with Gasteiger partial charge in [-0.25, -0.2) is 0 Å². The van der Waals surface area contributed by atoms with Crippen LogP contribution in [-0.2, 0) is 12.8 Å². The molecule has 3 nitrogen and oxygen atoms in total. The topological polar surface area (TPSA) is 51.0 Å². The van der Waals surface area contributed by atoms with Crippen LogP contribution in [0.25, 0.3) is 10.9 Å². The Morgan fingerprint density at radius 2 is 2.00 bits per heavy atom. The van der Waals surface area contributed by atoms with E-state index in [4.69, 9.17) is 5.73 Å². The van der Waals surface area contributed by atoms with Crippen molar-refractivity contribution in [3.05, 3.63) is 29.5 Å². The van der Waals surface area contributed by atoms with Crippen molar-refractivity contribution in [1.29, 1.82) is 0 Å². The first-order chi connectivity index (χ1) is 9.96. The Kier molecular flexibility index (Phi) is 6.62. The van der Waals surface area contributed by atoms with Gasteiger partial charge in [0, 0.05) is 16.6 Å². The van der Waals surface area contributed by atoms with E-state index in [2.05, 4.69) is 9.72 Å². The van der Waals surface area contributed by atoms with Crippen LogP contribution in [0.5, 0.6) is 5.75 Å². The molecule has 0 saturated carbocycles. The first-order valence-electron chi connectivity index (χ1n) is 7.05. The van der Waals surface area contributed by atoms with Crippen LogP contribution in [0.3, 0.4) is 0 Å². The molecule has 1 aromatic carbocycles. The van der Waals surface area contributed by atoms with Crippen LogP contribution in [-0.4, -0.2) is 17.9 Å². The summed E-state index contributed by atoms with van der Waals surface area (Å²) in [5.41, 5.74) is 8.71. The maximum absolute atomic E-state index is 12.3. The quantitative estimate of drug-likeness (QED) is 0.842. The lowest BCUT2D eigenvalue weighted by molar-refractivity contribution is -0.274. The monoisotopic (exact) mass is 370 g/mol. The maximum Gasteiger partial charge on any atom is 0.573 e. The molecule has 0 spiro atoms. The predicted octanol–water partition coefficient (Wildman–Crippen LogP) is 4.36. The van der Waals surface area contributed by atoms with E-state index in [0.29, 0.717) is 12.5 Å². The number of hydrogen-bond donors (Lipinski definition) is 2. The van der Waals surface area contributed by atoms with E-state index in [1.807, 2.05) is 0 Å². The molecule has 0 unspecified atom stereocenters. The lowest BCUT2D eigenvalue weighted by Crippen LogP contribution is -2.17. The number of fused-ring (bicyclic) bond motifs is 3. The van der Waals surface area contributed by atoms with Gasteiger partial charge in [-0.15, -0.1) is 38.0 Å². The SMILES string of the molecule is Cl.Cl.NCC[C@H]1CCc2[nH]c3ccc(OC(F)(F)F)cc3c2C1. The molecule has 0 bridgehead atoms. The molecule has 0 saturated heterocycles. The highest BCUT2D eigenvalue weighted by Crippen LogP contribution is 2.35. The zero-order chi connectivity index (χ0) is 15.0. The number of H-pyrrole nitrogens is 1. The van der Waals surface area contributed by atoms with E-state index < -0.39 is 6.36 Å². The van der Waals surface area contributed by atoms with Crippen molar-refractivity contribution in [2.24, 2.45) is 11.7 Å². The summed E-state index contributed by atoms with van der Waals surface area (Å²) in [6.07, 6.45) is -0.855. The minimum absolute atomic E-state index is 0. The Balaban J connectivity index is 0.00000132. The molecule has 1 aromatic heterocycles. The molecule has 3 rings (SSSR count). The van der Waals surface area contributed by atoms with Crippen molar-refractivity contribution >= 4 is 35.7 Å². The Hall–Kier alpha value is -1.11. The molecular weight excluding hydrogens is 352 g/mol. The van der Waals surface area contributed by atoms with Crippen LogP contribution >= 0.6 is 24.8 Å². The summed E-state index contributed by atoms with van der Waals surface area (Å²) in [5.74, 6) is 0.339. The molecule has 3 N–H and O–H groups in total. The molecule has 23 heavy (non-hydrogen) atoms. The minimum Gasteiger partial charge on any atom is -0.406 e. The van der Waals surface area contributed by atoms with E-state index in [-0.39, 0.29) is 30.6 Å². The highest BCUT2D eigenvalue weighted by molar-refractivity contribution is 5.86. The van der Waals surface area contributed by atoms with Gasteiger partial charge in [0.15, 0.2) is 0 Å². The number of nitrogens with two attached hydrogens (primary N) is 1. The molecule has 8 heteroatoms. The fourth-order valence-corrected chi connectivity index (χ4v) is 3.15. The van der Waals surface area contributed by atoms with Crippen LogP contribution < -0.4 is 10.5 Å². The first kappa shape index (κ1) is 19.9. The molecule has 0 amide bonds. The van der Waals surface area contributed by atoms with Crippen LogP contribution in [0.15, 0.2) is 18.2 Å². The van der Waals surface area contributed by atoms with Crippen molar-refractivity contribution in [3.63, 3.8) is 0 Å². The summed E-state index contributed by atoms with van der Waals surface area (Å²) in [4.78, 5) is 3.30. The number of alkyl halides is 3. The van der Waals surface area contributed by atoms with Crippen LogP contribution in [0, 0.1) is 5.92 Å². The van der Waals surface area contributed by atoms with Gasteiger partial charge in [0.1, 0.15) is 5.75 Å². The third-order valence-corrected chi connectivity index (χ3v) is 4.07. The number of aromatic nitrogens is 1. The van der Waals surface area contributed by atoms with Crippen molar-refractivity contribution in [2.75, 3.05) is 6.54 Å². The van der Waals surface area contributed by atoms with E-state index in [9.17, 15) is 13.2 Å². The number of nitrogens with one attached hydrogen (secondary N) is 1. The van der Waals surface area contributed by atoms with Gasteiger partial charge in [0.05, 0.1) is 0 Å². The summed E-state index contributed by atoms with van der Waals surface area (Å²) >= 11 is 0. The standard InChI is InChI=1S/C15H17F3N2O.2ClH/c16-15(17,18)21-10-2-4-14-12(8-10)11-7-9(5-6-19)1-3-13(11)20-14;;/h2,4,8-9,20H,1,3,5-7,19H2;2*1H/t9-;;/m1../s1. The minimum atomic E-state index is -4.66. The molecular formula is C15H19Cl2F3N2O. The summed E-state index contributed by atoms with van der Waals surface area (Å²) in [5, 5.41) is 0.827. The zero-order valence-electron chi connectivity index (χ0n) is 12.3. The summed E-state index contributed by atoms with van der Waals surface area (Å²) in [7, 11) is 0. The normalized spacial score (nSPS) is 17.1. The van der Waals surface area contributed by atoms with Crippen LogP contribution in [0.2, 0.25) is 0 Å². The van der Waals surface area contributed by atoms with E-state index in [1.54, 1.807) is 6.07 Å². The van der Waals surface area contributed by atoms with Crippen molar-refractivity contribution < 1.29 is 17.9 Å². The molecule has 2 aromatic rings. The van der Waals surface area contributed by atoms with Crippen LogP contribution in [0.4, 0.5) is 13.2 Å². The van der Waals surface area contributed by atoms with Gasteiger partial charge in [-0.2, -0.15) is 0 Å². The summed E-state index contributed by atoms with van der Waals surface area (Å²) in [6, 6.07) is 4.46. The number of rotatable bonds is 3. The van der Waals surface area contributed by atoms with Gasteiger partial charge in [-0.3, -0.25) is 0 Å². The fraction of sp³-hybridized carbons (Fsp3) is 0.467. The van der Waals surface area contributed by atoms with Crippen LogP contribution in [0.1, 0.15) is 24.1 Å². The molecule has 0 aliphatic heterocycles. The van der Waals surface area contributed by atoms with Crippen molar-refractivity contribution in [1.82, 2.24) is 4.98 Å². The summed E-state index contributed by atoms with van der Waals surface area (Å²) < 4.78 is 41.0. The lowest BCUT2D eigenvalue weighted by atomic mass is 9.84. The highest BCUT2D eigenvalue weighted by Gasteiger charge is 2.31. The Morgan fingerprint density at radius 3 is 2.65 bits per heavy atom. The Bertz CT molecular complexity index is 658. The van der Waals surface area contributed by atoms with Crippen molar-refractivity contribution in [3.8, 4) is 5.75 Å². The molecule has 0 fully saturated rings. The molecule has 130 valence electrons. The van der Waals surface area contributed by atoms with Gasteiger partial charge in [-0.1, -0.05) is 0 Å². The third kappa shape index (κ3) is 4.46. The number of aromatic amines is 1. The Labute approximate surface area is 144 Å². The number of benzene rings is 1. The number of hydrogen-bond acceptors (Lipinski definition) is 2. The van der Waals surface area contributed by atoms with E-state index in [1.165, 1.54) is 12.1 Å². The first-order valence-corrected chi connectivity index (χ1v) is 7.05. The third-order valence-electron chi connectivity index (χ3n) is 4.07. The van der Waals surface area contributed by atoms with Gasteiger partial charge in [0.25, 0.3) is 0 Å². The molecule has 1 heterocycles. The molecule has 0 radical (unpaired) electrons. The van der Waals surface area contributed by atoms with Gasteiger partial charge < -0.3 is 15.5 Å². The molecule has 1 aliphatic rings. The summed E-state index contributed by atoms with van der Waals surface area (Å²) in [6.45, 7) is 0.644. The maximum atomic E-state index is 12.3. The number of ether oxygens (including phenoxy) is 1. The average molecular weight is 371 g/mol.